The number of benzene rings is 2. The number of carboxylic acids is 1. The third-order valence-electron chi connectivity index (χ3n) is 7.13. The van der Waals surface area contributed by atoms with Gasteiger partial charge in [0.1, 0.15) is 0 Å². The number of carbonyl (C=O) groups is 1. The Morgan fingerprint density at radius 1 is 1.00 bits per heavy atom. The summed E-state index contributed by atoms with van der Waals surface area (Å²) < 4.78 is 6.45. The summed E-state index contributed by atoms with van der Waals surface area (Å²) in [4.78, 5) is 13.2. The van der Waals surface area contributed by atoms with Gasteiger partial charge in [0, 0.05) is 49.4 Å². The van der Waals surface area contributed by atoms with Crippen LogP contribution in [0.3, 0.4) is 0 Å². The molecule has 4 atom stereocenters. The predicted molar refractivity (Wildman–Crippen MR) is 142 cm³/mol. The number of allylic oxidation sites excluding steroid dienone is 2. The van der Waals surface area contributed by atoms with Gasteiger partial charge in [-0.2, -0.15) is 11.8 Å². The maximum atomic E-state index is 11.0. The fraction of sp³-hybridized carbons (Fsp3) is 0.483. The van der Waals surface area contributed by atoms with Crippen LogP contribution in [0.15, 0.2) is 66.7 Å². The van der Waals surface area contributed by atoms with Crippen LogP contribution in [-0.2, 0) is 16.1 Å². The van der Waals surface area contributed by atoms with Gasteiger partial charge < -0.3 is 14.9 Å². The summed E-state index contributed by atoms with van der Waals surface area (Å²) >= 11 is 1.98. The molecule has 0 aromatic heterocycles. The summed E-state index contributed by atoms with van der Waals surface area (Å²) in [5, 5.41) is 19.9. The number of nitrogens with zero attached hydrogens (tertiary/aromatic N) is 1. The van der Waals surface area contributed by atoms with Crippen LogP contribution in [-0.4, -0.2) is 63.9 Å². The van der Waals surface area contributed by atoms with Crippen molar-refractivity contribution in [3.63, 3.8) is 0 Å². The lowest BCUT2D eigenvalue weighted by Gasteiger charge is -2.37. The fourth-order valence-electron chi connectivity index (χ4n) is 5.35. The first-order valence-electron chi connectivity index (χ1n) is 12.7. The maximum Gasteiger partial charge on any atom is 0.303 e. The van der Waals surface area contributed by atoms with Crippen LogP contribution in [0, 0.1) is 5.92 Å². The van der Waals surface area contributed by atoms with E-state index < -0.39 is 5.97 Å². The average molecular weight is 496 g/mol. The molecule has 6 heteroatoms. The highest BCUT2D eigenvalue weighted by Gasteiger charge is 2.45. The maximum absolute atomic E-state index is 11.0. The van der Waals surface area contributed by atoms with Crippen molar-refractivity contribution in [1.29, 1.82) is 0 Å². The molecule has 0 spiro atoms. The number of aliphatic hydroxyl groups is 1. The number of thioether (sulfide) groups is 1. The Balaban J connectivity index is 1.37. The van der Waals surface area contributed by atoms with Crippen molar-refractivity contribution in [3.05, 3.63) is 72.3 Å². The predicted octanol–water partition coefficient (Wildman–Crippen LogP) is 5.24. The molecule has 2 aliphatic rings. The molecule has 1 saturated heterocycles. The summed E-state index contributed by atoms with van der Waals surface area (Å²) in [5.74, 6) is 1.73. The van der Waals surface area contributed by atoms with Gasteiger partial charge in [0.05, 0.1) is 18.8 Å². The molecule has 0 unspecified atom stereocenters. The highest BCUT2D eigenvalue weighted by atomic mass is 32.2. The molecule has 2 N–H and O–H groups in total. The molecule has 0 bridgehead atoms. The second-order valence-corrected chi connectivity index (χ2v) is 10.7. The Bertz CT molecular complexity index is 943. The van der Waals surface area contributed by atoms with Crippen molar-refractivity contribution in [3.8, 4) is 11.1 Å². The molecular formula is C29H37NO4S. The molecule has 1 saturated carbocycles. The Hall–Kier alpha value is -2.12. The molecule has 1 heterocycles. The molecule has 188 valence electrons. The third-order valence-corrected chi connectivity index (χ3v) is 8.08. The van der Waals surface area contributed by atoms with Crippen molar-refractivity contribution < 1.29 is 19.7 Å². The first kappa shape index (κ1) is 26.0. The zero-order valence-corrected chi connectivity index (χ0v) is 21.1. The van der Waals surface area contributed by atoms with Crippen LogP contribution in [0.25, 0.3) is 11.1 Å². The monoisotopic (exact) mass is 495 g/mol. The number of hydrogen-bond donors (Lipinski definition) is 2. The minimum atomic E-state index is -0.762. The Labute approximate surface area is 213 Å². The van der Waals surface area contributed by atoms with Crippen LogP contribution < -0.4 is 0 Å². The number of ether oxygens (including phenoxy) is 1. The Morgan fingerprint density at radius 3 is 2.40 bits per heavy atom. The number of hydrogen-bond acceptors (Lipinski definition) is 5. The molecule has 1 aliphatic heterocycles. The SMILES string of the molecule is O=C(O)CC/C=C\CC[C@@H]1[C@@H](N2CCSCC2)[C@@H](O)C[C@@H]1OCc1ccc(-c2ccccc2)cc1. The highest BCUT2D eigenvalue weighted by molar-refractivity contribution is 7.99. The number of rotatable bonds is 11. The first-order chi connectivity index (χ1) is 17.1. The zero-order chi connectivity index (χ0) is 24.5. The van der Waals surface area contributed by atoms with E-state index in [1.807, 2.05) is 23.9 Å². The standard InChI is InChI=1S/C29H37NO4S/c31-26-20-27(34-21-22-12-14-24(15-13-22)23-8-4-3-5-9-23)25(10-6-1-2-7-11-28(32)33)29(26)30-16-18-35-19-17-30/h1-5,8-9,12-15,25-27,29,31H,6-7,10-11,16-21H2,(H,32,33)/b2-1-/t25-,26-,27-,29+/m0/s1. The van der Waals surface area contributed by atoms with Gasteiger partial charge in [0.25, 0.3) is 0 Å². The van der Waals surface area contributed by atoms with Gasteiger partial charge >= 0.3 is 5.97 Å². The molecule has 1 aliphatic carbocycles. The van der Waals surface area contributed by atoms with E-state index in [0.29, 0.717) is 19.4 Å². The number of carboxylic acid groups (broad SMARTS) is 1. The summed E-state index contributed by atoms with van der Waals surface area (Å²) in [6.45, 7) is 2.58. The van der Waals surface area contributed by atoms with Crippen LogP contribution >= 0.6 is 11.8 Å². The molecule has 5 nitrogen and oxygen atoms in total. The normalized spacial score (nSPS) is 25.3. The second kappa shape index (κ2) is 13.3. The lowest BCUT2D eigenvalue weighted by molar-refractivity contribution is -0.136. The highest BCUT2D eigenvalue weighted by Crippen LogP contribution is 2.37. The molecule has 2 aromatic carbocycles. The topological polar surface area (TPSA) is 70.0 Å². The van der Waals surface area contributed by atoms with E-state index in [-0.39, 0.29) is 30.6 Å². The quantitative estimate of drug-likeness (QED) is 0.416. The second-order valence-electron chi connectivity index (χ2n) is 9.50. The van der Waals surface area contributed by atoms with Gasteiger partial charge in [-0.15, -0.1) is 0 Å². The third kappa shape index (κ3) is 7.43. The summed E-state index contributed by atoms with van der Waals surface area (Å²) in [7, 11) is 0. The van der Waals surface area contributed by atoms with Crippen molar-refractivity contribution in [1.82, 2.24) is 4.90 Å². The van der Waals surface area contributed by atoms with Crippen molar-refractivity contribution in [2.24, 2.45) is 5.92 Å². The van der Waals surface area contributed by atoms with E-state index in [0.717, 1.165) is 43.0 Å². The van der Waals surface area contributed by atoms with Crippen molar-refractivity contribution in [2.45, 2.75) is 57.0 Å². The number of aliphatic carboxylic acids is 1. The summed E-state index contributed by atoms with van der Waals surface area (Å²) in [6.07, 6.45) is 6.93. The van der Waals surface area contributed by atoms with E-state index in [1.54, 1.807) is 0 Å². The molecule has 4 rings (SSSR count). The smallest absolute Gasteiger partial charge is 0.303 e. The molecular weight excluding hydrogens is 458 g/mol. The van der Waals surface area contributed by atoms with E-state index in [9.17, 15) is 9.90 Å². The molecule has 2 aromatic rings. The zero-order valence-electron chi connectivity index (χ0n) is 20.3. The van der Waals surface area contributed by atoms with Gasteiger partial charge in [-0.25, -0.2) is 0 Å². The van der Waals surface area contributed by atoms with Crippen molar-refractivity contribution >= 4 is 17.7 Å². The van der Waals surface area contributed by atoms with E-state index in [1.165, 1.54) is 11.1 Å². The lowest BCUT2D eigenvalue weighted by Crippen LogP contribution is -2.48. The minimum absolute atomic E-state index is 0.0193. The molecule has 35 heavy (non-hydrogen) atoms. The van der Waals surface area contributed by atoms with Crippen molar-refractivity contribution in [2.75, 3.05) is 24.6 Å². The molecule has 0 radical (unpaired) electrons. The Kier molecular flexibility index (Phi) is 9.83. The van der Waals surface area contributed by atoms with Gasteiger partial charge in [-0.05, 0) is 36.0 Å². The number of aliphatic hydroxyl groups excluding tert-OH is 1. The van der Waals surface area contributed by atoms with E-state index >= 15 is 0 Å². The van der Waals surface area contributed by atoms with Gasteiger partial charge in [0.2, 0.25) is 0 Å². The minimum Gasteiger partial charge on any atom is -0.481 e. The van der Waals surface area contributed by atoms with Gasteiger partial charge in [0.15, 0.2) is 0 Å². The molecule has 0 amide bonds. The van der Waals surface area contributed by atoms with E-state index in [4.69, 9.17) is 9.84 Å². The average Bonchev–Trinajstić information content (AvgIpc) is 3.20. The van der Waals surface area contributed by atoms with Crippen LogP contribution in [0.1, 0.15) is 37.7 Å². The summed E-state index contributed by atoms with van der Waals surface area (Å²) in [5.41, 5.74) is 3.54. The fourth-order valence-corrected chi connectivity index (χ4v) is 6.29. The van der Waals surface area contributed by atoms with Crippen LogP contribution in [0.5, 0.6) is 0 Å². The van der Waals surface area contributed by atoms with Crippen LogP contribution in [0.2, 0.25) is 0 Å². The largest absolute Gasteiger partial charge is 0.481 e. The van der Waals surface area contributed by atoms with Crippen LogP contribution in [0.4, 0.5) is 0 Å². The van der Waals surface area contributed by atoms with E-state index in [2.05, 4.69) is 59.5 Å². The van der Waals surface area contributed by atoms with Gasteiger partial charge in [-0.1, -0.05) is 66.7 Å². The lowest BCUT2D eigenvalue weighted by atomic mass is 9.93. The molecule has 2 fully saturated rings. The Morgan fingerprint density at radius 2 is 1.69 bits per heavy atom. The first-order valence-corrected chi connectivity index (χ1v) is 13.9. The summed E-state index contributed by atoms with van der Waals surface area (Å²) in [6, 6.07) is 19.1. The van der Waals surface area contributed by atoms with Gasteiger partial charge in [-0.3, -0.25) is 9.69 Å².